The number of quaternary nitrogens is 1. The number of nitrogens with zero attached hydrogens (tertiary/aromatic N) is 1. The quantitative estimate of drug-likeness (QED) is 0.0178. The van der Waals surface area contributed by atoms with Crippen LogP contribution in [-0.2, 0) is 33.5 Å². The lowest BCUT2D eigenvalue weighted by atomic mass is 9.80. The first-order valence-corrected chi connectivity index (χ1v) is 23.9. The molecule has 0 heterocycles. The van der Waals surface area contributed by atoms with Crippen molar-refractivity contribution in [2.75, 3.05) is 47.5 Å². The molecule has 56 heavy (non-hydrogen) atoms. The molecule has 0 saturated heterocycles. The van der Waals surface area contributed by atoms with Crippen molar-refractivity contribution < 1.29 is 37.3 Å². The first-order chi connectivity index (χ1) is 26.9. The van der Waals surface area contributed by atoms with Gasteiger partial charge in [0.15, 0.2) is 0 Å². The van der Waals surface area contributed by atoms with Crippen molar-refractivity contribution in [2.45, 2.75) is 118 Å². The maximum absolute atomic E-state index is 13.3. The Labute approximate surface area is 354 Å². The van der Waals surface area contributed by atoms with Gasteiger partial charge in [-0.2, -0.15) is 0 Å². The van der Waals surface area contributed by atoms with Crippen LogP contribution in [0.2, 0.25) is 0 Å². The summed E-state index contributed by atoms with van der Waals surface area (Å²) in [6.07, 6.45) is 14.4. The molecular weight excluding hydrogens is 857 g/mol. The van der Waals surface area contributed by atoms with Gasteiger partial charge < -0.3 is 18.9 Å². The van der Waals surface area contributed by atoms with Crippen molar-refractivity contribution >= 4 is 45.7 Å². The van der Waals surface area contributed by atoms with Crippen LogP contribution < -0.4 is 0 Å². The molecule has 1 N–H and O–H groups in total. The highest BCUT2D eigenvalue weighted by Gasteiger charge is 2.39. The van der Waals surface area contributed by atoms with E-state index in [0.29, 0.717) is 27.1 Å². The highest BCUT2D eigenvalue weighted by Crippen LogP contribution is 2.44. The Morgan fingerprint density at radius 3 is 1.59 bits per heavy atom. The summed E-state index contributed by atoms with van der Waals surface area (Å²) in [7, 11) is 1.46. The molecule has 3 rings (SSSR count). The topological polar surface area (TPSA) is 91.3 Å². The predicted molar refractivity (Wildman–Crippen MR) is 235 cm³/mol. The van der Waals surface area contributed by atoms with E-state index in [0.717, 1.165) is 48.8 Å². The summed E-state index contributed by atoms with van der Waals surface area (Å²) in [5.41, 5.74) is 1.58. The second-order valence-electron chi connectivity index (χ2n) is 15.7. The van der Waals surface area contributed by atoms with Gasteiger partial charge in [0.25, 0.3) is 0 Å². The van der Waals surface area contributed by atoms with Crippen LogP contribution in [0.25, 0.3) is 0 Å². The van der Waals surface area contributed by atoms with E-state index < -0.39 is 25.5 Å². The molecule has 8 nitrogen and oxygen atoms in total. The molecule has 0 radical (unpaired) electrons. The first kappa shape index (κ1) is 48.5. The van der Waals surface area contributed by atoms with Crippen molar-refractivity contribution in [2.24, 2.45) is 0 Å². The fraction of sp³-hybridized carbons (Fsp3) is 0.578. The lowest BCUT2D eigenvalue weighted by Crippen LogP contribution is -2.38. The van der Waals surface area contributed by atoms with Crippen molar-refractivity contribution in [3.8, 4) is 0 Å². The monoisotopic (exact) mass is 922 g/mol. The van der Waals surface area contributed by atoms with Gasteiger partial charge in [-0.25, -0.2) is 4.57 Å². The highest BCUT2D eigenvalue weighted by atomic mass is 79.9. The number of likely N-dealkylation sites (N-methyl/N-ethyl adjacent to an activating group) is 1. The van der Waals surface area contributed by atoms with Crippen molar-refractivity contribution in [1.29, 1.82) is 0 Å². The molecule has 0 saturated carbocycles. The molecule has 4 atom stereocenters. The van der Waals surface area contributed by atoms with Gasteiger partial charge in [0.1, 0.15) is 24.9 Å². The van der Waals surface area contributed by atoms with E-state index in [1.807, 2.05) is 112 Å². The van der Waals surface area contributed by atoms with Gasteiger partial charge in [-0.3, -0.25) is 13.8 Å². The van der Waals surface area contributed by atoms with Gasteiger partial charge in [-0.1, -0.05) is 194 Å². The molecule has 0 amide bonds. The predicted octanol–water partition coefficient (Wildman–Crippen LogP) is 11.8. The van der Waals surface area contributed by atoms with Crippen LogP contribution in [0.15, 0.2) is 91.0 Å². The van der Waals surface area contributed by atoms with E-state index >= 15 is 0 Å². The van der Waals surface area contributed by atoms with E-state index in [1.165, 1.54) is 44.9 Å². The number of hydrogen-bond donors (Lipinski definition) is 1. The maximum Gasteiger partial charge on any atom is 0.472 e. The summed E-state index contributed by atoms with van der Waals surface area (Å²) in [6, 6.07) is 29.7. The Hall–Kier alpha value is -1.88. The summed E-state index contributed by atoms with van der Waals surface area (Å²) in [4.78, 5) is 24.8. The molecule has 3 aromatic carbocycles. The first-order valence-electron chi connectivity index (χ1n) is 20.6. The third kappa shape index (κ3) is 18.4. The van der Waals surface area contributed by atoms with Crippen molar-refractivity contribution in [3.63, 3.8) is 0 Å². The molecule has 11 heteroatoms. The lowest BCUT2D eigenvalue weighted by molar-refractivity contribution is -0.870. The van der Waals surface area contributed by atoms with Crippen LogP contribution in [0.1, 0.15) is 114 Å². The Kier molecular flexibility index (Phi) is 22.7. The minimum absolute atomic E-state index is 0.0313. The molecule has 3 aromatic rings. The number of hydrogen-bond acceptors (Lipinski definition) is 6. The second kappa shape index (κ2) is 26.3. The zero-order valence-electron chi connectivity index (χ0n) is 34.2. The summed E-state index contributed by atoms with van der Waals surface area (Å²) in [6.45, 7) is 2.31. The van der Waals surface area contributed by atoms with Crippen LogP contribution in [0.4, 0.5) is 0 Å². The van der Waals surface area contributed by atoms with Gasteiger partial charge in [0, 0.05) is 16.1 Å². The number of esters is 1. The largest absolute Gasteiger partial charge is 0.472 e. The molecule has 0 aliphatic carbocycles. The summed E-state index contributed by atoms with van der Waals surface area (Å²) in [5.74, 6) is -0.400. The van der Waals surface area contributed by atoms with Gasteiger partial charge in [-0.05, 0) is 36.0 Å². The molecular formula is C45H67Br2NO7P+. The third-order valence-corrected chi connectivity index (χ3v) is 13.7. The van der Waals surface area contributed by atoms with Crippen LogP contribution >= 0.6 is 39.7 Å². The van der Waals surface area contributed by atoms with Crippen LogP contribution in [0.5, 0.6) is 0 Å². The average Bonchev–Trinajstić information content (AvgIpc) is 3.18. The summed E-state index contributed by atoms with van der Waals surface area (Å²) >= 11 is 7.80. The van der Waals surface area contributed by atoms with Crippen LogP contribution in [0, 0.1) is 0 Å². The van der Waals surface area contributed by atoms with E-state index in [1.54, 1.807) is 0 Å². The zero-order chi connectivity index (χ0) is 40.7. The Morgan fingerprint density at radius 1 is 0.679 bits per heavy atom. The highest BCUT2D eigenvalue weighted by molar-refractivity contribution is 9.12. The van der Waals surface area contributed by atoms with E-state index in [9.17, 15) is 14.3 Å². The number of alkyl halides is 2. The molecule has 312 valence electrons. The third-order valence-electron chi connectivity index (χ3n) is 9.85. The van der Waals surface area contributed by atoms with Crippen LogP contribution in [0.3, 0.4) is 0 Å². The molecule has 0 bridgehead atoms. The van der Waals surface area contributed by atoms with Crippen molar-refractivity contribution in [3.05, 3.63) is 108 Å². The molecule has 0 aromatic heterocycles. The fourth-order valence-corrected chi connectivity index (χ4v) is 8.53. The minimum Gasteiger partial charge on any atom is -0.457 e. The number of rotatable bonds is 30. The number of unbranched alkanes of at least 4 members (excludes halogenated alkanes) is 9. The second-order valence-corrected chi connectivity index (χ2v) is 19.5. The smallest absolute Gasteiger partial charge is 0.457 e. The Bertz CT molecular complexity index is 1430. The van der Waals surface area contributed by atoms with Crippen molar-refractivity contribution in [1.82, 2.24) is 0 Å². The average molecular weight is 925 g/mol. The number of ether oxygens (including phenoxy) is 2. The SMILES string of the molecule is CCCCCCCCC(Br)C(Br)CCCCCCCC(=O)O[C@H](COC(c1ccccc1)(c1ccccc1)c1ccccc1)COP(=O)(O)OCC[N+](C)(C)C. The normalized spacial score (nSPS) is 14.8. The number of halogens is 2. The summed E-state index contributed by atoms with van der Waals surface area (Å²) < 4.78 is 37.1. The zero-order valence-corrected chi connectivity index (χ0v) is 38.2. The number of phosphoric acid groups is 1. The van der Waals surface area contributed by atoms with E-state index in [2.05, 4.69) is 38.8 Å². The molecule has 0 spiro atoms. The summed E-state index contributed by atoms with van der Waals surface area (Å²) in [5, 5.41) is 0. The number of benzene rings is 3. The van der Waals surface area contributed by atoms with Gasteiger partial charge in [0.05, 0.1) is 34.4 Å². The van der Waals surface area contributed by atoms with Gasteiger partial charge >= 0.3 is 13.8 Å². The number of phosphoric ester groups is 1. The van der Waals surface area contributed by atoms with E-state index in [4.69, 9.17) is 18.5 Å². The standard InChI is InChI=1S/C45H66Br2NO7P/c1-5-6-7-8-10-22-31-42(46)43(47)32-23-11-9-12-24-33-44(49)55-41(37-54-56(50,51)53-35-34-48(2,3)4)36-52-45(38-25-16-13-17-26-38,39-27-18-14-19-28-39)40-29-20-15-21-30-40/h13-21,25-30,41-43H,5-12,22-24,31-37H2,1-4H3/p+1/t41-,42?,43?/m1/s1. The molecule has 0 aliphatic rings. The number of carbonyl (C=O) groups is 1. The fourth-order valence-electron chi connectivity index (χ4n) is 6.61. The molecule has 0 fully saturated rings. The molecule has 3 unspecified atom stereocenters. The number of carbonyl (C=O) groups excluding carboxylic acids is 1. The van der Waals surface area contributed by atoms with E-state index in [-0.39, 0.29) is 26.2 Å². The molecule has 0 aliphatic heterocycles. The van der Waals surface area contributed by atoms with Crippen LogP contribution in [-0.4, -0.2) is 78.6 Å². The van der Waals surface area contributed by atoms with Gasteiger partial charge in [-0.15, -0.1) is 0 Å². The lowest BCUT2D eigenvalue weighted by Gasteiger charge is -2.37. The van der Waals surface area contributed by atoms with Gasteiger partial charge in [0.2, 0.25) is 0 Å². The Balaban J connectivity index is 1.62. The minimum atomic E-state index is -4.44. The maximum atomic E-state index is 13.3. The Morgan fingerprint density at radius 2 is 1.12 bits per heavy atom.